The van der Waals surface area contributed by atoms with E-state index in [1.807, 2.05) is 60.7 Å². The quantitative estimate of drug-likeness (QED) is 0.374. The third-order valence-electron chi connectivity index (χ3n) is 5.45. The van der Waals surface area contributed by atoms with Crippen LogP contribution in [0.1, 0.15) is 16.7 Å². The standard InChI is InChI=1S/C26H24BrNO5/c1-31-25(29)14-19-8-5-9-23(13-19)33-24-11-10-21(27)15-20(24)16-28-22(17-32-26(28)30)12-18-6-3-2-4-7-18/h2-11,13,15,22H,12,14,16-17H2,1H3/t22-/m0/s1. The van der Waals surface area contributed by atoms with Gasteiger partial charge in [0, 0.05) is 10.0 Å². The number of rotatable bonds is 8. The minimum atomic E-state index is -0.332. The molecule has 0 spiro atoms. The van der Waals surface area contributed by atoms with Crippen molar-refractivity contribution in [1.29, 1.82) is 0 Å². The summed E-state index contributed by atoms with van der Waals surface area (Å²) in [4.78, 5) is 25.9. The summed E-state index contributed by atoms with van der Waals surface area (Å²) in [5, 5.41) is 0. The number of halogens is 1. The molecule has 0 radical (unpaired) electrons. The van der Waals surface area contributed by atoms with Crippen LogP contribution in [-0.4, -0.2) is 36.7 Å². The second-order valence-corrected chi connectivity index (χ2v) is 8.72. The maximum atomic E-state index is 12.5. The normalized spacial score (nSPS) is 15.3. The van der Waals surface area contributed by atoms with E-state index < -0.39 is 0 Å². The minimum Gasteiger partial charge on any atom is -0.469 e. The van der Waals surface area contributed by atoms with Crippen molar-refractivity contribution in [3.63, 3.8) is 0 Å². The fraction of sp³-hybridized carbons (Fsp3) is 0.231. The molecule has 0 saturated carbocycles. The van der Waals surface area contributed by atoms with Crippen molar-refractivity contribution in [1.82, 2.24) is 4.90 Å². The van der Waals surface area contributed by atoms with Crippen molar-refractivity contribution in [2.45, 2.75) is 25.4 Å². The molecule has 3 aromatic rings. The predicted octanol–water partition coefficient (Wildman–Crippen LogP) is 5.52. The second kappa shape index (κ2) is 10.5. The number of ether oxygens (including phenoxy) is 3. The Morgan fingerprint density at radius 2 is 1.85 bits per heavy atom. The molecule has 1 aliphatic heterocycles. The van der Waals surface area contributed by atoms with E-state index in [1.165, 1.54) is 7.11 Å². The van der Waals surface area contributed by atoms with E-state index >= 15 is 0 Å². The fourth-order valence-corrected chi connectivity index (χ4v) is 4.19. The third kappa shape index (κ3) is 5.93. The van der Waals surface area contributed by atoms with Crippen molar-refractivity contribution >= 4 is 28.0 Å². The lowest BCUT2D eigenvalue weighted by molar-refractivity contribution is -0.139. The molecule has 1 fully saturated rings. The number of carbonyl (C=O) groups excluding carboxylic acids is 2. The van der Waals surface area contributed by atoms with Crippen LogP contribution in [0.15, 0.2) is 77.3 Å². The number of benzene rings is 3. The molecule has 3 aromatic carbocycles. The number of cyclic esters (lactones) is 1. The number of methoxy groups -OCH3 is 1. The average Bonchev–Trinajstić information content (AvgIpc) is 3.15. The molecule has 1 heterocycles. The fourth-order valence-electron chi connectivity index (χ4n) is 3.78. The van der Waals surface area contributed by atoms with E-state index in [4.69, 9.17) is 14.2 Å². The maximum Gasteiger partial charge on any atom is 0.410 e. The summed E-state index contributed by atoms with van der Waals surface area (Å²) >= 11 is 3.52. The first kappa shape index (κ1) is 22.9. The van der Waals surface area contributed by atoms with Gasteiger partial charge in [0.1, 0.15) is 18.1 Å². The first-order valence-corrected chi connectivity index (χ1v) is 11.4. The highest BCUT2D eigenvalue weighted by molar-refractivity contribution is 9.10. The molecule has 7 heteroatoms. The Hall–Kier alpha value is -3.32. The molecule has 1 aliphatic rings. The topological polar surface area (TPSA) is 65.1 Å². The lowest BCUT2D eigenvalue weighted by Crippen LogP contribution is -2.34. The van der Waals surface area contributed by atoms with Gasteiger partial charge in [-0.2, -0.15) is 0 Å². The van der Waals surface area contributed by atoms with Gasteiger partial charge in [-0.25, -0.2) is 4.79 Å². The molecule has 1 atom stereocenters. The number of esters is 1. The molecule has 0 unspecified atom stereocenters. The Kier molecular flexibility index (Phi) is 7.29. The first-order chi connectivity index (χ1) is 16.0. The molecule has 0 aromatic heterocycles. The van der Waals surface area contributed by atoms with Crippen molar-refractivity contribution in [2.24, 2.45) is 0 Å². The highest BCUT2D eigenvalue weighted by atomic mass is 79.9. The lowest BCUT2D eigenvalue weighted by atomic mass is 10.1. The van der Waals surface area contributed by atoms with Crippen LogP contribution < -0.4 is 4.74 Å². The maximum absolute atomic E-state index is 12.5. The summed E-state index contributed by atoms with van der Waals surface area (Å²) in [6.07, 6.45) is 0.551. The van der Waals surface area contributed by atoms with Crippen molar-refractivity contribution in [3.05, 3.63) is 94.0 Å². The zero-order valence-electron chi connectivity index (χ0n) is 18.2. The molecule has 0 aliphatic carbocycles. The highest BCUT2D eigenvalue weighted by Gasteiger charge is 2.33. The molecule has 170 valence electrons. The van der Waals surface area contributed by atoms with Crippen LogP contribution in [0.25, 0.3) is 0 Å². The van der Waals surface area contributed by atoms with E-state index in [2.05, 4.69) is 28.1 Å². The van der Waals surface area contributed by atoms with Crippen LogP contribution in [0.5, 0.6) is 11.5 Å². The molecular weight excluding hydrogens is 486 g/mol. The third-order valence-corrected chi connectivity index (χ3v) is 5.95. The highest BCUT2D eigenvalue weighted by Crippen LogP contribution is 2.31. The van der Waals surface area contributed by atoms with Crippen molar-refractivity contribution in [3.8, 4) is 11.5 Å². The van der Waals surface area contributed by atoms with Gasteiger partial charge in [-0.1, -0.05) is 58.4 Å². The Balaban J connectivity index is 1.54. The lowest BCUT2D eigenvalue weighted by Gasteiger charge is -2.23. The zero-order valence-corrected chi connectivity index (χ0v) is 19.8. The molecule has 0 N–H and O–H groups in total. The van der Waals surface area contributed by atoms with Crippen molar-refractivity contribution < 1.29 is 23.8 Å². The average molecular weight is 510 g/mol. The molecule has 1 amide bonds. The van der Waals surface area contributed by atoms with Crippen LogP contribution in [0.3, 0.4) is 0 Å². The van der Waals surface area contributed by atoms with Gasteiger partial charge in [0.25, 0.3) is 0 Å². The number of carbonyl (C=O) groups is 2. The Morgan fingerprint density at radius 1 is 1.06 bits per heavy atom. The molecular formula is C26H24BrNO5. The molecule has 33 heavy (non-hydrogen) atoms. The molecule has 4 rings (SSSR count). The van der Waals surface area contributed by atoms with Gasteiger partial charge >= 0.3 is 12.1 Å². The monoisotopic (exact) mass is 509 g/mol. The minimum absolute atomic E-state index is 0.0601. The summed E-state index contributed by atoms with van der Waals surface area (Å²) < 4.78 is 17.2. The van der Waals surface area contributed by atoms with Gasteiger partial charge in [0.05, 0.1) is 26.1 Å². The van der Waals surface area contributed by atoms with Gasteiger partial charge in [0.2, 0.25) is 0 Å². The zero-order chi connectivity index (χ0) is 23.2. The smallest absolute Gasteiger partial charge is 0.410 e. The van der Waals surface area contributed by atoms with E-state index in [1.54, 1.807) is 4.90 Å². The number of nitrogens with zero attached hydrogens (tertiary/aromatic N) is 1. The van der Waals surface area contributed by atoms with E-state index in [0.717, 1.165) is 21.2 Å². The van der Waals surface area contributed by atoms with Crippen LogP contribution in [-0.2, 0) is 33.7 Å². The van der Waals surface area contributed by atoms with Crippen LogP contribution in [0.2, 0.25) is 0 Å². The van der Waals surface area contributed by atoms with Gasteiger partial charge in [-0.15, -0.1) is 0 Å². The van der Waals surface area contributed by atoms with Crippen molar-refractivity contribution in [2.75, 3.05) is 13.7 Å². The Bertz CT molecular complexity index is 1130. The largest absolute Gasteiger partial charge is 0.469 e. The Labute approximate surface area is 201 Å². The van der Waals surface area contributed by atoms with Gasteiger partial charge in [-0.05, 0) is 47.9 Å². The molecule has 1 saturated heterocycles. The first-order valence-electron chi connectivity index (χ1n) is 10.6. The van der Waals surface area contributed by atoms with Gasteiger partial charge in [-0.3, -0.25) is 9.69 Å². The van der Waals surface area contributed by atoms with E-state index in [0.29, 0.717) is 31.1 Å². The summed E-state index contributed by atoms with van der Waals surface area (Å²) in [7, 11) is 1.37. The summed E-state index contributed by atoms with van der Waals surface area (Å²) in [5.74, 6) is 0.921. The van der Waals surface area contributed by atoms with Crippen LogP contribution in [0, 0.1) is 0 Å². The summed E-state index contributed by atoms with van der Waals surface area (Å²) in [6, 6.07) is 23.0. The number of hydrogen-bond acceptors (Lipinski definition) is 5. The van der Waals surface area contributed by atoms with Gasteiger partial charge < -0.3 is 14.2 Å². The predicted molar refractivity (Wildman–Crippen MR) is 127 cm³/mol. The number of hydrogen-bond donors (Lipinski definition) is 0. The summed E-state index contributed by atoms with van der Waals surface area (Å²) in [6.45, 7) is 0.709. The SMILES string of the molecule is COC(=O)Cc1cccc(Oc2ccc(Br)cc2CN2C(=O)OC[C@@H]2Cc2ccccc2)c1. The van der Waals surface area contributed by atoms with Crippen LogP contribution in [0.4, 0.5) is 4.79 Å². The van der Waals surface area contributed by atoms with Crippen LogP contribution >= 0.6 is 15.9 Å². The Morgan fingerprint density at radius 3 is 2.64 bits per heavy atom. The molecule has 0 bridgehead atoms. The number of amides is 1. The molecule has 6 nitrogen and oxygen atoms in total. The second-order valence-electron chi connectivity index (χ2n) is 7.80. The van der Waals surface area contributed by atoms with E-state index in [-0.39, 0.29) is 24.5 Å². The van der Waals surface area contributed by atoms with Gasteiger partial charge in [0.15, 0.2) is 0 Å². The van der Waals surface area contributed by atoms with E-state index in [9.17, 15) is 9.59 Å². The summed E-state index contributed by atoms with van der Waals surface area (Å²) in [5.41, 5.74) is 2.79.